The molecule has 2 fully saturated rings. The van der Waals surface area contributed by atoms with Gasteiger partial charge < -0.3 is 0 Å². The molecular weight excluding hydrogens is 256 g/mol. The zero-order valence-corrected chi connectivity index (χ0v) is 13.8. The highest BCUT2D eigenvalue weighted by atomic mass is 15.3. The topological polar surface area (TPSA) is 6.48 Å². The van der Waals surface area contributed by atoms with Gasteiger partial charge in [0.15, 0.2) is 0 Å². The van der Waals surface area contributed by atoms with Crippen molar-refractivity contribution in [3.8, 4) is 0 Å². The first-order valence-corrected chi connectivity index (χ1v) is 8.75. The van der Waals surface area contributed by atoms with Crippen molar-refractivity contribution < 1.29 is 0 Å². The molecule has 3 unspecified atom stereocenters. The average Bonchev–Trinajstić information content (AvgIpc) is 2.95. The van der Waals surface area contributed by atoms with Gasteiger partial charge in [0, 0.05) is 31.2 Å². The van der Waals surface area contributed by atoms with Crippen LogP contribution >= 0.6 is 0 Å². The fraction of sp³-hybridized carbons (Fsp3) is 0.684. The molecule has 2 heterocycles. The van der Waals surface area contributed by atoms with Crippen molar-refractivity contribution in [3.63, 3.8) is 0 Å². The van der Waals surface area contributed by atoms with Crippen LogP contribution in [0, 0.1) is 5.92 Å². The fourth-order valence-electron chi connectivity index (χ4n) is 4.36. The largest absolute Gasteiger partial charge is 0.298 e. The van der Waals surface area contributed by atoms with Crippen molar-refractivity contribution in [1.29, 1.82) is 0 Å². The lowest BCUT2D eigenvalue weighted by Crippen LogP contribution is -2.58. The van der Waals surface area contributed by atoms with Gasteiger partial charge in [0.25, 0.3) is 0 Å². The minimum Gasteiger partial charge on any atom is -0.298 e. The Balaban J connectivity index is 1.85. The van der Waals surface area contributed by atoms with E-state index < -0.39 is 0 Å². The molecule has 0 aromatic heterocycles. The van der Waals surface area contributed by atoms with Crippen LogP contribution in [-0.4, -0.2) is 41.5 Å². The van der Waals surface area contributed by atoms with Crippen LogP contribution in [0.4, 0.5) is 0 Å². The molecule has 2 heteroatoms. The van der Waals surface area contributed by atoms with Crippen LogP contribution in [0.1, 0.15) is 51.6 Å². The highest BCUT2D eigenvalue weighted by Crippen LogP contribution is 2.35. The third-order valence-corrected chi connectivity index (χ3v) is 5.51. The van der Waals surface area contributed by atoms with Crippen LogP contribution in [0.25, 0.3) is 0 Å². The number of fused-ring (bicyclic) bond motifs is 1. The van der Waals surface area contributed by atoms with E-state index in [4.69, 9.17) is 0 Å². The van der Waals surface area contributed by atoms with Crippen molar-refractivity contribution in [2.24, 2.45) is 5.92 Å². The standard InChI is InChI=1S/C19H30N2/c1-4-18(16-9-6-5-7-10-16)21-13-17-11-8-12-20(17)14-19(21)15(2)3/h5-7,9-10,15,17-19H,4,8,11-14H2,1-3H3. The summed E-state index contributed by atoms with van der Waals surface area (Å²) in [6.45, 7) is 11.0. The summed E-state index contributed by atoms with van der Waals surface area (Å²) in [6.07, 6.45) is 4.00. The van der Waals surface area contributed by atoms with Gasteiger partial charge in [-0.05, 0) is 37.3 Å². The SMILES string of the molecule is CCC(c1ccccc1)N1CC2CCCN2CC1C(C)C. The van der Waals surface area contributed by atoms with Crippen molar-refractivity contribution in [1.82, 2.24) is 9.80 Å². The smallest absolute Gasteiger partial charge is 0.0349 e. The highest BCUT2D eigenvalue weighted by molar-refractivity contribution is 5.20. The van der Waals surface area contributed by atoms with Crippen LogP contribution in [0.2, 0.25) is 0 Å². The van der Waals surface area contributed by atoms with E-state index in [0.29, 0.717) is 12.1 Å². The van der Waals surface area contributed by atoms with Crippen LogP contribution in [-0.2, 0) is 0 Å². The van der Waals surface area contributed by atoms with E-state index in [9.17, 15) is 0 Å². The van der Waals surface area contributed by atoms with E-state index in [2.05, 4.69) is 60.9 Å². The Labute approximate surface area is 130 Å². The normalized spacial score (nSPS) is 28.8. The Kier molecular flexibility index (Phi) is 4.66. The second-order valence-electron chi connectivity index (χ2n) is 7.13. The quantitative estimate of drug-likeness (QED) is 0.827. The summed E-state index contributed by atoms with van der Waals surface area (Å²) in [5.41, 5.74) is 1.50. The average molecular weight is 286 g/mol. The predicted octanol–water partition coefficient (Wildman–Crippen LogP) is 3.94. The highest BCUT2D eigenvalue weighted by Gasteiger charge is 2.40. The van der Waals surface area contributed by atoms with Crippen molar-refractivity contribution in [2.45, 2.75) is 58.2 Å². The zero-order valence-electron chi connectivity index (χ0n) is 13.8. The van der Waals surface area contributed by atoms with Crippen LogP contribution in [0.3, 0.4) is 0 Å². The van der Waals surface area contributed by atoms with E-state index in [-0.39, 0.29) is 0 Å². The number of piperazine rings is 1. The van der Waals surface area contributed by atoms with E-state index in [1.54, 1.807) is 0 Å². The summed E-state index contributed by atoms with van der Waals surface area (Å²) in [5.74, 6) is 0.726. The first kappa shape index (κ1) is 15.1. The molecule has 2 saturated heterocycles. The Morgan fingerprint density at radius 2 is 1.90 bits per heavy atom. The molecule has 0 radical (unpaired) electrons. The summed E-state index contributed by atoms with van der Waals surface area (Å²) in [7, 11) is 0. The molecule has 2 aliphatic heterocycles. The Bertz CT molecular complexity index is 442. The van der Waals surface area contributed by atoms with E-state index in [1.165, 1.54) is 44.5 Å². The maximum atomic E-state index is 2.83. The fourth-order valence-corrected chi connectivity index (χ4v) is 4.36. The van der Waals surface area contributed by atoms with E-state index in [1.807, 2.05) is 0 Å². The molecule has 0 amide bonds. The van der Waals surface area contributed by atoms with Gasteiger partial charge in [-0.3, -0.25) is 9.80 Å². The van der Waals surface area contributed by atoms with E-state index >= 15 is 0 Å². The van der Waals surface area contributed by atoms with Crippen molar-refractivity contribution in [2.75, 3.05) is 19.6 Å². The molecule has 2 aliphatic rings. The van der Waals surface area contributed by atoms with Crippen LogP contribution in [0.15, 0.2) is 30.3 Å². The maximum Gasteiger partial charge on any atom is 0.0349 e. The van der Waals surface area contributed by atoms with Gasteiger partial charge in [-0.25, -0.2) is 0 Å². The van der Waals surface area contributed by atoms with Crippen molar-refractivity contribution >= 4 is 0 Å². The Morgan fingerprint density at radius 1 is 1.14 bits per heavy atom. The molecule has 1 aromatic rings. The van der Waals surface area contributed by atoms with Gasteiger partial charge in [-0.15, -0.1) is 0 Å². The molecule has 3 rings (SSSR count). The molecule has 2 nitrogen and oxygen atoms in total. The minimum absolute atomic E-state index is 0.585. The summed E-state index contributed by atoms with van der Waals surface area (Å²) in [6, 6.07) is 13.2. The number of rotatable bonds is 4. The summed E-state index contributed by atoms with van der Waals surface area (Å²) in [4.78, 5) is 5.57. The molecule has 21 heavy (non-hydrogen) atoms. The van der Waals surface area contributed by atoms with E-state index in [0.717, 1.165) is 12.0 Å². The minimum atomic E-state index is 0.585. The summed E-state index contributed by atoms with van der Waals surface area (Å²) in [5, 5.41) is 0. The molecule has 3 atom stereocenters. The molecule has 1 aromatic carbocycles. The van der Waals surface area contributed by atoms with Crippen LogP contribution in [0.5, 0.6) is 0 Å². The maximum absolute atomic E-state index is 2.83. The van der Waals surface area contributed by atoms with Crippen LogP contribution < -0.4 is 0 Å². The summed E-state index contributed by atoms with van der Waals surface area (Å²) < 4.78 is 0. The second-order valence-corrected chi connectivity index (χ2v) is 7.13. The zero-order chi connectivity index (χ0) is 14.8. The third-order valence-electron chi connectivity index (χ3n) is 5.51. The molecule has 0 spiro atoms. The first-order chi connectivity index (χ1) is 10.2. The van der Waals surface area contributed by atoms with Gasteiger partial charge in [-0.1, -0.05) is 51.1 Å². The third kappa shape index (κ3) is 3.02. The van der Waals surface area contributed by atoms with Gasteiger partial charge in [0.2, 0.25) is 0 Å². The number of hydrogen-bond acceptors (Lipinski definition) is 2. The van der Waals surface area contributed by atoms with Gasteiger partial charge in [0.05, 0.1) is 0 Å². The molecule has 116 valence electrons. The first-order valence-electron chi connectivity index (χ1n) is 8.75. The molecule has 0 saturated carbocycles. The predicted molar refractivity (Wildman–Crippen MR) is 89.4 cm³/mol. The molecule has 0 bridgehead atoms. The lowest BCUT2D eigenvalue weighted by Gasteiger charge is -2.49. The molecular formula is C19H30N2. The number of nitrogens with zero attached hydrogens (tertiary/aromatic N) is 2. The molecule has 0 aliphatic carbocycles. The molecule has 0 N–H and O–H groups in total. The Morgan fingerprint density at radius 3 is 2.57 bits per heavy atom. The van der Waals surface area contributed by atoms with Gasteiger partial charge in [-0.2, -0.15) is 0 Å². The summed E-state index contributed by atoms with van der Waals surface area (Å²) >= 11 is 0. The lowest BCUT2D eigenvalue weighted by molar-refractivity contribution is -0.00199. The van der Waals surface area contributed by atoms with Gasteiger partial charge in [0.1, 0.15) is 0 Å². The Hall–Kier alpha value is -0.860. The lowest BCUT2D eigenvalue weighted by atomic mass is 9.92. The van der Waals surface area contributed by atoms with Crippen molar-refractivity contribution in [3.05, 3.63) is 35.9 Å². The van der Waals surface area contributed by atoms with Gasteiger partial charge >= 0.3 is 0 Å². The monoisotopic (exact) mass is 286 g/mol. The number of hydrogen-bond donors (Lipinski definition) is 0. The number of benzene rings is 1. The second kappa shape index (κ2) is 6.50.